The third-order valence-electron chi connectivity index (χ3n) is 5.54. The van der Waals surface area contributed by atoms with E-state index < -0.39 is 15.5 Å². The van der Waals surface area contributed by atoms with Crippen LogP contribution in [0.4, 0.5) is 5.69 Å². The molecule has 6 nitrogen and oxygen atoms in total. The summed E-state index contributed by atoms with van der Waals surface area (Å²) in [6, 6.07) is 15.6. The van der Waals surface area contributed by atoms with Gasteiger partial charge in [-0.3, -0.25) is 4.18 Å². The van der Waals surface area contributed by atoms with Crippen molar-refractivity contribution in [2.24, 2.45) is 0 Å². The Morgan fingerprint density at radius 3 is 2.32 bits per heavy atom. The first-order valence-electron chi connectivity index (χ1n) is 9.24. The molecule has 2 aromatic rings. The topological polar surface area (TPSA) is 65.1 Å². The highest BCUT2D eigenvalue weighted by Gasteiger charge is 2.41. The number of hydrogen-bond donors (Lipinski definition) is 0. The minimum Gasteiger partial charge on any atom is -0.497 e. The quantitative estimate of drug-likeness (QED) is 0.659. The molecule has 0 bridgehead atoms. The lowest BCUT2D eigenvalue weighted by atomic mass is 9.74. The van der Waals surface area contributed by atoms with Crippen molar-refractivity contribution in [1.29, 1.82) is 0 Å². The van der Waals surface area contributed by atoms with Crippen LogP contribution < -0.4 is 14.4 Å². The highest BCUT2D eigenvalue weighted by atomic mass is 32.2. The van der Waals surface area contributed by atoms with Crippen LogP contribution >= 0.6 is 0 Å². The van der Waals surface area contributed by atoms with Crippen LogP contribution in [0.1, 0.15) is 18.4 Å². The monoisotopic (exact) mass is 405 g/mol. The number of anilines is 1. The Kier molecular flexibility index (Phi) is 6.15. The van der Waals surface area contributed by atoms with E-state index >= 15 is 0 Å². The standard InChI is InChI=1S/C21H27NO5S/c1-25-18-8-6-7-17(15-18)21(16-28(23,24)27-3)11-13-22(14-12-21)19-9-4-5-10-20(19)26-2/h4-10,15H,11-14,16H2,1-3H3. The fourth-order valence-electron chi connectivity index (χ4n) is 3.93. The average Bonchev–Trinajstić information content (AvgIpc) is 2.74. The van der Waals surface area contributed by atoms with E-state index in [4.69, 9.17) is 13.7 Å². The molecule has 1 aliphatic rings. The summed E-state index contributed by atoms with van der Waals surface area (Å²) in [4.78, 5) is 2.25. The van der Waals surface area contributed by atoms with Crippen LogP contribution in [0.2, 0.25) is 0 Å². The van der Waals surface area contributed by atoms with Crippen LogP contribution in [0, 0.1) is 0 Å². The molecule has 1 fully saturated rings. The van der Waals surface area contributed by atoms with Crippen LogP contribution in [-0.2, 0) is 19.7 Å². The normalized spacial score (nSPS) is 16.6. The first kappa shape index (κ1) is 20.5. The molecule has 1 saturated heterocycles. The molecule has 2 aromatic carbocycles. The summed E-state index contributed by atoms with van der Waals surface area (Å²) in [5.74, 6) is 1.49. The molecule has 0 unspecified atom stereocenters. The Morgan fingerprint density at radius 2 is 1.68 bits per heavy atom. The Labute approximate surface area is 167 Å². The van der Waals surface area contributed by atoms with Gasteiger partial charge in [-0.1, -0.05) is 24.3 Å². The summed E-state index contributed by atoms with van der Waals surface area (Å²) >= 11 is 0. The lowest BCUT2D eigenvalue weighted by Crippen LogP contribution is -2.46. The van der Waals surface area contributed by atoms with Crippen molar-refractivity contribution in [3.05, 3.63) is 54.1 Å². The van der Waals surface area contributed by atoms with E-state index in [9.17, 15) is 8.42 Å². The van der Waals surface area contributed by atoms with Crippen molar-refractivity contribution in [2.45, 2.75) is 18.3 Å². The van der Waals surface area contributed by atoms with Crippen LogP contribution in [0.5, 0.6) is 11.5 Å². The van der Waals surface area contributed by atoms with Crippen molar-refractivity contribution in [2.75, 3.05) is 45.1 Å². The first-order chi connectivity index (χ1) is 13.4. The van der Waals surface area contributed by atoms with Gasteiger partial charge in [-0.15, -0.1) is 0 Å². The van der Waals surface area contributed by atoms with Gasteiger partial charge in [0.15, 0.2) is 0 Å². The third kappa shape index (κ3) is 4.25. The van der Waals surface area contributed by atoms with Gasteiger partial charge in [0.25, 0.3) is 10.1 Å². The fraction of sp³-hybridized carbons (Fsp3) is 0.429. The van der Waals surface area contributed by atoms with Crippen molar-refractivity contribution in [1.82, 2.24) is 0 Å². The number of benzene rings is 2. The molecule has 0 aromatic heterocycles. The molecule has 0 saturated carbocycles. The van der Waals surface area contributed by atoms with E-state index in [1.807, 2.05) is 48.5 Å². The van der Waals surface area contributed by atoms with Crippen molar-refractivity contribution in [3.63, 3.8) is 0 Å². The maximum absolute atomic E-state index is 12.4. The second kappa shape index (κ2) is 8.41. The van der Waals surface area contributed by atoms with Gasteiger partial charge in [0, 0.05) is 18.5 Å². The maximum Gasteiger partial charge on any atom is 0.267 e. The lowest BCUT2D eigenvalue weighted by molar-refractivity contribution is 0.333. The fourth-order valence-corrected chi connectivity index (χ4v) is 5.18. The van der Waals surface area contributed by atoms with Gasteiger partial charge < -0.3 is 14.4 Å². The summed E-state index contributed by atoms with van der Waals surface area (Å²) in [5.41, 5.74) is 1.47. The first-order valence-corrected chi connectivity index (χ1v) is 10.8. The summed E-state index contributed by atoms with van der Waals surface area (Å²) in [5, 5.41) is 0. The number of piperidine rings is 1. The Hall–Kier alpha value is -2.25. The maximum atomic E-state index is 12.4. The summed E-state index contributed by atoms with van der Waals surface area (Å²) < 4.78 is 40.4. The molecule has 28 heavy (non-hydrogen) atoms. The third-order valence-corrected chi connectivity index (χ3v) is 6.95. The van der Waals surface area contributed by atoms with Crippen LogP contribution in [0.15, 0.2) is 48.5 Å². The number of ether oxygens (including phenoxy) is 2. The van der Waals surface area contributed by atoms with E-state index in [0.717, 1.165) is 35.8 Å². The van der Waals surface area contributed by atoms with Gasteiger partial charge in [-0.2, -0.15) is 8.42 Å². The van der Waals surface area contributed by atoms with Gasteiger partial charge in [0.2, 0.25) is 0 Å². The SMILES string of the molecule is COc1cccc(C2(CS(=O)(=O)OC)CCN(c3ccccc3OC)CC2)c1. The Bertz CT molecular complexity index is 905. The predicted octanol–water partition coefficient (Wildman–Crippen LogP) is 3.22. The number of nitrogens with zero attached hydrogens (tertiary/aromatic N) is 1. The molecule has 1 heterocycles. The largest absolute Gasteiger partial charge is 0.497 e. The molecular weight excluding hydrogens is 378 g/mol. The van der Waals surface area contributed by atoms with E-state index in [1.54, 1.807) is 14.2 Å². The smallest absolute Gasteiger partial charge is 0.267 e. The molecule has 0 radical (unpaired) electrons. The highest BCUT2D eigenvalue weighted by Crippen LogP contribution is 2.41. The van der Waals surface area contributed by atoms with Gasteiger partial charge in [-0.25, -0.2) is 0 Å². The summed E-state index contributed by atoms with van der Waals surface area (Å²) in [6.45, 7) is 1.44. The van der Waals surface area contributed by atoms with Crippen LogP contribution in [0.25, 0.3) is 0 Å². The minimum atomic E-state index is -3.62. The highest BCUT2D eigenvalue weighted by molar-refractivity contribution is 7.86. The van der Waals surface area contributed by atoms with Crippen LogP contribution in [-0.4, -0.2) is 48.6 Å². The zero-order chi connectivity index (χ0) is 20.2. The Morgan fingerprint density at radius 1 is 0.964 bits per heavy atom. The number of rotatable bonds is 7. The number of hydrogen-bond acceptors (Lipinski definition) is 6. The van der Waals surface area contributed by atoms with Crippen LogP contribution in [0.3, 0.4) is 0 Å². The second-order valence-electron chi connectivity index (χ2n) is 7.04. The van der Waals surface area contributed by atoms with Crippen molar-refractivity contribution >= 4 is 15.8 Å². The average molecular weight is 406 g/mol. The molecule has 0 aliphatic carbocycles. The zero-order valence-corrected chi connectivity index (χ0v) is 17.4. The molecule has 0 spiro atoms. The van der Waals surface area contributed by atoms with Crippen molar-refractivity contribution < 1.29 is 22.1 Å². The lowest BCUT2D eigenvalue weighted by Gasteiger charge is -2.43. The molecular formula is C21H27NO5S. The van der Waals surface area contributed by atoms with E-state index in [0.29, 0.717) is 12.8 Å². The molecule has 7 heteroatoms. The van der Waals surface area contributed by atoms with E-state index in [-0.39, 0.29) is 5.75 Å². The summed E-state index contributed by atoms with van der Waals surface area (Å²) in [7, 11) is 0.871. The second-order valence-corrected chi connectivity index (χ2v) is 8.78. The van der Waals surface area contributed by atoms with E-state index in [1.165, 1.54) is 7.11 Å². The number of methoxy groups -OCH3 is 2. The van der Waals surface area contributed by atoms with Gasteiger partial charge >= 0.3 is 0 Å². The van der Waals surface area contributed by atoms with Crippen molar-refractivity contribution in [3.8, 4) is 11.5 Å². The minimum absolute atomic E-state index is 0.0522. The molecule has 3 rings (SSSR count). The van der Waals surface area contributed by atoms with Gasteiger partial charge in [-0.05, 0) is 42.7 Å². The molecule has 152 valence electrons. The predicted molar refractivity (Wildman–Crippen MR) is 110 cm³/mol. The number of para-hydroxylation sites is 2. The molecule has 1 aliphatic heterocycles. The van der Waals surface area contributed by atoms with Gasteiger partial charge in [0.05, 0.1) is 32.8 Å². The molecule has 0 amide bonds. The zero-order valence-electron chi connectivity index (χ0n) is 16.6. The van der Waals surface area contributed by atoms with E-state index in [2.05, 4.69) is 4.90 Å². The molecule has 0 atom stereocenters. The van der Waals surface area contributed by atoms with Gasteiger partial charge in [0.1, 0.15) is 11.5 Å². The Balaban J connectivity index is 1.92. The molecule has 0 N–H and O–H groups in total. The summed E-state index contributed by atoms with van der Waals surface area (Å²) in [6.07, 6.45) is 1.36.